The van der Waals surface area contributed by atoms with Gasteiger partial charge in [-0.3, -0.25) is 9.59 Å². The summed E-state index contributed by atoms with van der Waals surface area (Å²) in [6.45, 7) is 2.78. The number of carbonyl (C=O) groups excluding carboxylic acids is 2. The van der Waals surface area contributed by atoms with Gasteiger partial charge in [-0.25, -0.2) is 0 Å². The molecular weight excluding hydrogens is 338 g/mol. The summed E-state index contributed by atoms with van der Waals surface area (Å²) >= 11 is 0. The van der Waals surface area contributed by atoms with Gasteiger partial charge in [0.15, 0.2) is 0 Å². The molecule has 0 saturated heterocycles. The first kappa shape index (κ1) is 17.3. The van der Waals surface area contributed by atoms with E-state index in [9.17, 15) is 9.59 Å². The molecule has 1 unspecified atom stereocenters. The molecule has 2 heterocycles. The fourth-order valence-electron chi connectivity index (χ4n) is 3.80. The summed E-state index contributed by atoms with van der Waals surface area (Å²) in [5, 5.41) is 3.99. The second kappa shape index (κ2) is 7.27. The van der Waals surface area contributed by atoms with Gasteiger partial charge in [0.2, 0.25) is 5.91 Å². The first-order chi connectivity index (χ1) is 13.2. The maximum Gasteiger partial charge on any atom is 0.255 e. The van der Waals surface area contributed by atoms with Crippen molar-refractivity contribution in [2.75, 3.05) is 13.1 Å². The van der Waals surface area contributed by atoms with Crippen LogP contribution in [-0.2, 0) is 4.79 Å². The number of benzene rings is 2. The molecular formula is C22H23N3O2. The van der Waals surface area contributed by atoms with Gasteiger partial charge in [0, 0.05) is 34.8 Å². The van der Waals surface area contributed by atoms with E-state index in [1.165, 1.54) is 0 Å². The highest BCUT2D eigenvalue weighted by Gasteiger charge is 2.39. The van der Waals surface area contributed by atoms with Crippen LogP contribution in [0.5, 0.6) is 0 Å². The number of fused-ring (bicyclic) bond motifs is 2. The van der Waals surface area contributed by atoms with E-state index in [2.05, 4.69) is 17.2 Å². The van der Waals surface area contributed by atoms with E-state index in [-0.39, 0.29) is 24.4 Å². The molecule has 3 aromatic rings. The number of amides is 2. The molecule has 2 aromatic carbocycles. The monoisotopic (exact) mass is 361 g/mol. The Morgan fingerprint density at radius 1 is 1.11 bits per heavy atom. The van der Waals surface area contributed by atoms with Crippen LogP contribution in [0.1, 0.15) is 47.3 Å². The minimum Gasteiger partial charge on any atom is -0.361 e. The summed E-state index contributed by atoms with van der Waals surface area (Å²) in [5.41, 5.74) is 3.67. The molecule has 5 nitrogen and oxygen atoms in total. The molecule has 0 saturated carbocycles. The normalized spacial score (nSPS) is 16.0. The lowest BCUT2D eigenvalue weighted by molar-refractivity contribution is -0.122. The van der Waals surface area contributed by atoms with Gasteiger partial charge in [0.05, 0.1) is 6.04 Å². The minimum atomic E-state index is -0.262. The van der Waals surface area contributed by atoms with Crippen molar-refractivity contribution < 1.29 is 9.59 Å². The number of para-hydroxylation sites is 1. The second-order valence-electron chi connectivity index (χ2n) is 6.92. The Morgan fingerprint density at radius 3 is 2.74 bits per heavy atom. The summed E-state index contributed by atoms with van der Waals surface area (Å²) in [6.07, 6.45) is 3.91. The minimum absolute atomic E-state index is 0.0569. The van der Waals surface area contributed by atoms with Crippen LogP contribution in [-0.4, -0.2) is 34.8 Å². The fraction of sp³-hybridized carbons (Fsp3) is 0.273. The molecule has 138 valence electrons. The van der Waals surface area contributed by atoms with E-state index >= 15 is 0 Å². The van der Waals surface area contributed by atoms with E-state index in [1.807, 2.05) is 54.7 Å². The number of hydrogen-bond acceptors (Lipinski definition) is 2. The molecule has 4 rings (SSSR count). The van der Waals surface area contributed by atoms with E-state index in [0.29, 0.717) is 12.1 Å². The highest BCUT2D eigenvalue weighted by molar-refractivity contribution is 6.02. The van der Waals surface area contributed by atoms with Crippen LogP contribution < -0.4 is 5.32 Å². The Kier molecular flexibility index (Phi) is 4.67. The van der Waals surface area contributed by atoms with Crippen LogP contribution in [0.25, 0.3) is 10.9 Å². The maximum absolute atomic E-state index is 13.0. The molecule has 0 fully saturated rings. The molecule has 2 amide bonds. The van der Waals surface area contributed by atoms with Crippen molar-refractivity contribution in [3.8, 4) is 0 Å². The van der Waals surface area contributed by atoms with Crippen LogP contribution in [0.4, 0.5) is 0 Å². The molecule has 1 aromatic heterocycles. The molecule has 1 aliphatic heterocycles. The third-order valence-corrected chi connectivity index (χ3v) is 5.14. The largest absolute Gasteiger partial charge is 0.361 e. The van der Waals surface area contributed by atoms with Crippen molar-refractivity contribution in [3.63, 3.8) is 0 Å². The SMILES string of the molecule is CCCCNC(=O)CN1C(=O)c2ccccc2C1c1c[nH]c2ccccc12. The predicted molar refractivity (Wildman–Crippen MR) is 106 cm³/mol. The molecule has 5 heteroatoms. The number of unbranched alkanes of at least 4 members (excludes halogenated alkanes) is 1. The van der Waals surface area contributed by atoms with Crippen LogP contribution in [0, 0.1) is 0 Å². The average molecular weight is 361 g/mol. The van der Waals surface area contributed by atoms with Crippen LogP contribution in [0.15, 0.2) is 54.7 Å². The number of aromatic amines is 1. The predicted octanol–water partition coefficient (Wildman–Crippen LogP) is 3.63. The zero-order chi connectivity index (χ0) is 18.8. The van der Waals surface area contributed by atoms with Crippen molar-refractivity contribution in [2.24, 2.45) is 0 Å². The third kappa shape index (κ3) is 3.10. The van der Waals surface area contributed by atoms with Crippen molar-refractivity contribution >= 4 is 22.7 Å². The van der Waals surface area contributed by atoms with E-state index in [4.69, 9.17) is 0 Å². The topological polar surface area (TPSA) is 65.2 Å². The van der Waals surface area contributed by atoms with Gasteiger partial charge in [-0.15, -0.1) is 0 Å². The quantitative estimate of drug-likeness (QED) is 0.659. The summed E-state index contributed by atoms with van der Waals surface area (Å²) in [6, 6.07) is 15.4. The summed E-state index contributed by atoms with van der Waals surface area (Å²) in [4.78, 5) is 30.4. The number of aromatic nitrogens is 1. The Labute approximate surface area is 158 Å². The van der Waals surface area contributed by atoms with Gasteiger partial charge in [-0.1, -0.05) is 49.7 Å². The van der Waals surface area contributed by atoms with Gasteiger partial charge in [-0.2, -0.15) is 0 Å². The summed E-state index contributed by atoms with van der Waals surface area (Å²) < 4.78 is 0. The first-order valence-corrected chi connectivity index (χ1v) is 9.43. The average Bonchev–Trinajstić information content (AvgIpc) is 3.22. The molecule has 0 spiro atoms. The van der Waals surface area contributed by atoms with E-state index < -0.39 is 0 Å². The van der Waals surface area contributed by atoms with Crippen LogP contribution in [0.2, 0.25) is 0 Å². The first-order valence-electron chi connectivity index (χ1n) is 9.43. The number of carbonyl (C=O) groups is 2. The highest BCUT2D eigenvalue weighted by Crippen LogP contribution is 2.40. The zero-order valence-electron chi connectivity index (χ0n) is 15.4. The number of nitrogens with one attached hydrogen (secondary N) is 2. The molecule has 1 atom stereocenters. The third-order valence-electron chi connectivity index (χ3n) is 5.14. The number of nitrogens with zero attached hydrogens (tertiary/aromatic N) is 1. The molecule has 0 radical (unpaired) electrons. The molecule has 0 aliphatic carbocycles. The van der Waals surface area contributed by atoms with Gasteiger partial charge < -0.3 is 15.2 Å². The molecule has 0 bridgehead atoms. The second-order valence-corrected chi connectivity index (χ2v) is 6.92. The van der Waals surface area contributed by atoms with Gasteiger partial charge in [0.1, 0.15) is 6.54 Å². The van der Waals surface area contributed by atoms with Crippen molar-refractivity contribution in [2.45, 2.75) is 25.8 Å². The number of H-pyrrole nitrogens is 1. The lowest BCUT2D eigenvalue weighted by Gasteiger charge is -2.25. The van der Waals surface area contributed by atoms with Gasteiger partial charge >= 0.3 is 0 Å². The van der Waals surface area contributed by atoms with Crippen molar-refractivity contribution in [1.29, 1.82) is 0 Å². The van der Waals surface area contributed by atoms with Crippen LogP contribution in [0.3, 0.4) is 0 Å². The van der Waals surface area contributed by atoms with Gasteiger partial charge in [0.25, 0.3) is 5.91 Å². The Morgan fingerprint density at radius 2 is 1.89 bits per heavy atom. The summed E-state index contributed by atoms with van der Waals surface area (Å²) in [5.74, 6) is -0.207. The lowest BCUT2D eigenvalue weighted by Crippen LogP contribution is -2.39. The van der Waals surface area contributed by atoms with Crippen molar-refractivity contribution in [3.05, 3.63) is 71.4 Å². The number of hydrogen-bond donors (Lipinski definition) is 2. The van der Waals surface area contributed by atoms with E-state index in [1.54, 1.807) is 4.90 Å². The Balaban J connectivity index is 1.71. The van der Waals surface area contributed by atoms with Crippen molar-refractivity contribution in [1.82, 2.24) is 15.2 Å². The highest BCUT2D eigenvalue weighted by atomic mass is 16.2. The van der Waals surface area contributed by atoms with Crippen LogP contribution >= 0.6 is 0 Å². The fourth-order valence-corrected chi connectivity index (χ4v) is 3.80. The lowest BCUT2D eigenvalue weighted by atomic mass is 9.97. The number of rotatable bonds is 6. The Bertz CT molecular complexity index is 992. The molecule has 2 N–H and O–H groups in total. The van der Waals surface area contributed by atoms with Gasteiger partial charge in [-0.05, 0) is 24.1 Å². The molecule has 1 aliphatic rings. The Hall–Kier alpha value is -3.08. The zero-order valence-corrected chi connectivity index (χ0v) is 15.4. The van der Waals surface area contributed by atoms with E-state index in [0.717, 1.165) is 34.9 Å². The smallest absolute Gasteiger partial charge is 0.255 e. The molecule has 27 heavy (non-hydrogen) atoms. The maximum atomic E-state index is 13.0. The summed E-state index contributed by atoms with van der Waals surface area (Å²) in [7, 11) is 0. The standard InChI is InChI=1S/C22H23N3O2/c1-2-3-12-23-20(26)14-25-21(16-9-4-5-10-17(16)22(25)27)18-13-24-19-11-7-6-8-15(18)19/h4-11,13,21,24H,2-3,12,14H2,1H3,(H,23,26).